The lowest BCUT2D eigenvalue weighted by atomic mass is 10.8. The van der Waals surface area contributed by atoms with E-state index in [4.69, 9.17) is 11.6 Å². The van der Waals surface area contributed by atoms with Gasteiger partial charge in [0.15, 0.2) is 0 Å². The number of hydrogen-bond acceptors (Lipinski definition) is 2. The van der Waals surface area contributed by atoms with E-state index in [1.54, 1.807) is 0 Å². The zero-order valence-corrected chi connectivity index (χ0v) is 3.57. The van der Waals surface area contributed by atoms with Crippen LogP contribution in [0.15, 0.2) is 10.7 Å². The SMILES string of the molecule is Clc1[c]onc1. The molecule has 0 aliphatic heterocycles. The van der Waals surface area contributed by atoms with Crippen LogP contribution in [0.5, 0.6) is 0 Å². The summed E-state index contributed by atoms with van der Waals surface area (Å²) in [6, 6.07) is 0. The lowest BCUT2D eigenvalue weighted by molar-refractivity contribution is 0.413. The average molecular weight is 102 g/mol. The fraction of sp³-hybridized carbons (Fsp3) is 0. The van der Waals surface area contributed by atoms with Gasteiger partial charge in [-0.05, 0) is 0 Å². The van der Waals surface area contributed by atoms with Crippen molar-refractivity contribution in [1.29, 1.82) is 0 Å². The average Bonchev–Trinajstić information content (AvgIpc) is 1.86. The third-order valence-electron chi connectivity index (χ3n) is 0.362. The van der Waals surface area contributed by atoms with Gasteiger partial charge in [-0.2, -0.15) is 0 Å². The zero-order valence-electron chi connectivity index (χ0n) is 2.81. The molecule has 1 heterocycles. The first kappa shape index (κ1) is 3.68. The van der Waals surface area contributed by atoms with E-state index < -0.39 is 0 Å². The maximum Gasteiger partial charge on any atom is 0.225 e. The molecule has 3 heteroatoms. The number of aromatic nitrogens is 1. The molecule has 0 aliphatic rings. The van der Waals surface area contributed by atoms with E-state index >= 15 is 0 Å². The maximum absolute atomic E-state index is 5.24. The third kappa shape index (κ3) is 0.518. The summed E-state index contributed by atoms with van der Waals surface area (Å²) in [5, 5.41) is 3.67. The highest BCUT2D eigenvalue weighted by atomic mass is 35.5. The molecule has 0 saturated carbocycles. The second-order valence-electron chi connectivity index (χ2n) is 0.776. The second kappa shape index (κ2) is 1.30. The fourth-order valence-electron chi connectivity index (χ4n) is 0.169. The van der Waals surface area contributed by atoms with Gasteiger partial charge >= 0.3 is 0 Å². The van der Waals surface area contributed by atoms with Gasteiger partial charge in [0.2, 0.25) is 6.26 Å². The first-order chi connectivity index (χ1) is 2.89. The number of halogens is 1. The van der Waals surface area contributed by atoms with Gasteiger partial charge in [0.25, 0.3) is 0 Å². The summed E-state index contributed by atoms with van der Waals surface area (Å²) in [6.45, 7) is 0. The molecular formula is C3HClNO. The maximum atomic E-state index is 5.24. The van der Waals surface area contributed by atoms with E-state index in [1.807, 2.05) is 0 Å². The minimum Gasteiger partial charge on any atom is -0.351 e. The van der Waals surface area contributed by atoms with Crippen molar-refractivity contribution in [3.05, 3.63) is 17.5 Å². The Kier molecular flexibility index (Phi) is 0.801. The van der Waals surface area contributed by atoms with Gasteiger partial charge in [-0.3, -0.25) is 0 Å². The normalized spacial score (nSPS) is 8.83. The van der Waals surface area contributed by atoms with Gasteiger partial charge in [0.1, 0.15) is 5.02 Å². The molecule has 1 aromatic heterocycles. The molecule has 0 unspecified atom stereocenters. The highest BCUT2D eigenvalue weighted by molar-refractivity contribution is 6.30. The number of hydrogen-bond donors (Lipinski definition) is 0. The van der Waals surface area contributed by atoms with Crippen molar-refractivity contribution in [3.8, 4) is 0 Å². The van der Waals surface area contributed by atoms with Crippen molar-refractivity contribution < 1.29 is 4.52 Å². The van der Waals surface area contributed by atoms with Crippen LogP contribution >= 0.6 is 11.6 Å². The molecule has 0 amide bonds. The molecular weight excluding hydrogens is 101 g/mol. The Hall–Kier alpha value is -0.500. The molecule has 31 valence electrons. The van der Waals surface area contributed by atoms with Crippen LogP contribution in [0.1, 0.15) is 0 Å². The quantitative estimate of drug-likeness (QED) is 0.491. The molecule has 0 atom stereocenters. The van der Waals surface area contributed by atoms with Crippen molar-refractivity contribution >= 4 is 11.6 Å². The van der Waals surface area contributed by atoms with Crippen LogP contribution in [0, 0.1) is 6.26 Å². The molecule has 0 spiro atoms. The molecule has 0 fully saturated rings. The summed E-state index contributed by atoms with van der Waals surface area (Å²) in [7, 11) is 0. The summed E-state index contributed by atoms with van der Waals surface area (Å²) in [5.74, 6) is 0. The Morgan fingerprint density at radius 2 is 2.83 bits per heavy atom. The van der Waals surface area contributed by atoms with Crippen LogP contribution in [0.3, 0.4) is 0 Å². The minimum atomic E-state index is 0.412. The van der Waals surface area contributed by atoms with E-state index in [9.17, 15) is 0 Å². The smallest absolute Gasteiger partial charge is 0.225 e. The minimum absolute atomic E-state index is 0.412. The summed E-state index contributed by atoms with van der Waals surface area (Å²) < 4.78 is 4.21. The van der Waals surface area contributed by atoms with Crippen LogP contribution in [0.2, 0.25) is 5.02 Å². The lowest BCUT2D eigenvalue weighted by Gasteiger charge is -1.54. The highest BCUT2D eigenvalue weighted by Gasteiger charge is 1.83. The molecule has 1 rings (SSSR count). The fourth-order valence-corrected chi connectivity index (χ4v) is 0.243. The van der Waals surface area contributed by atoms with E-state index in [2.05, 4.69) is 15.9 Å². The lowest BCUT2D eigenvalue weighted by Crippen LogP contribution is -1.41. The van der Waals surface area contributed by atoms with Crippen molar-refractivity contribution in [2.45, 2.75) is 0 Å². The van der Waals surface area contributed by atoms with Crippen molar-refractivity contribution in [2.75, 3.05) is 0 Å². The first-order valence-electron chi connectivity index (χ1n) is 1.37. The van der Waals surface area contributed by atoms with Crippen LogP contribution in [-0.4, -0.2) is 5.16 Å². The molecule has 6 heavy (non-hydrogen) atoms. The van der Waals surface area contributed by atoms with Crippen LogP contribution in [0.25, 0.3) is 0 Å². The molecule has 0 bridgehead atoms. The van der Waals surface area contributed by atoms with Gasteiger partial charge in [-0.25, -0.2) is 0 Å². The molecule has 0 saturated heterocycles. The van der Waals surface area contributed by atoms with Crippen molar-refractivity contribution in [2.24, 2.45) is 0 Å². The van der Waals surface area contributed by atoms with Crippen molar-refractivity contribution in [1.82, 2.24) is 5.16 Å². The number of nitrogens with zero attached hydrogens (tertiary/aromatic N) is 1. The monoisotopic (exact) mass is 102 g/mol. The van der Waals surface area contributed by atoms with Crippen molar-refractivity contribution in [3.63, 3.8) is 0 Å². The third-order valence-corrected chi connectivity index (χ3v) is 0.537. The van der Waals surface area contributed by atoms with Gasteiger partial charge in [0, 0.05) is 0 Å². The zero-order chi connectivity index (χ0) is 4.41. The van der Waals surface area contributed by atoms with E-state index in [1.165, 1.54) is 6.20 Å². The topological polar surface area (TPSA) is 26.0 Å². The van der Waals surface area contributed by atoms with E-state index in [0.717, 1.165) is 0 Å². The van der Waals surface area contributed by atoms with Gasteiger partial charge < -0.3 is 4.52 Å². The first-order valence-corrected chi connectivity index (χ1v) is 1.75. The Labute approximate surface area is 39.7 Å². The summed E-state index contributed by atoms with van der Waals surface area (Å²) in [6.07, 6.45) is 3.66. The Balaban J connectivity index is 3.05. The number of rotatable bonds is 0. The van der Waals surface area contributed by atoms with E-state index in [-0.39, 0.29) is 0 Å². The van der Waals surface area contributed by atoms with E-state index in [0.29, 0.717) is 5.02 Å². The van der Waals surface area contributed by atoms with Crippen LogP contribution < -0.4 is 0 Å². The summed E-state index contributed by atoms with van der Waals surface area (Å²) >= 11 is 5.24. The molecule has 1 aromatic rings. The van der Waals surface area contributed by atoms with Gasteiger partial charge in [-0.15, -0.1) is 0 Å². The molecule has 0 aromatic carbocycles. The standard InChI is InChI=1S/C3HClNO/c4-3-1-5-6-2-3/h1H. The van der Waals surface area contributed by atoms with Gasteiger partial charge in [0.05, 0.1) is 6.20 Å². The summed E-state index contributed by atoms with van der Waals surface area (Å²) in [4.78, 5) is 0. The van der Waals surface area contributed by atoms with Crippen LogP contribution in [-0.2, 0) is 0 Å². The summed E-state index contributed by atoms with van der Waals surface area (Å²) in [5.41, 5.74) is 0. The van der Waals surface area contributed by atoms with Gasteiger partial charge in [-0.1, -0.05) is 16.8 Å². The molecule has 0 N–H and O–H groups in total. The predicted octanol–water partition coefficient (Wildman–Crippen LogP) is 1.13. The second-order valence-corrected chi connectivity index (χ2v) is 1.18. The van der Waals surface area contributed by atoms with Crippen LogP contribution in [0.4, 0.5) is 0 Å². The Bertz CT molecular complexity index is 114. The Morgan fingerprint density at radius 1 is 2.00 bits per heavy atom. The largest absolute Gasteiger partial charge is 0.351 e. The molecule has 1 radical (unpaired) electrons. The Morgan fingerprint density at radius 3 is 3.00 bits per heavy atom. The highest BCUT2D eigenvalue weighted by Crippen LogP contribution is 2.00. The predicted molar refractivity (Wildman–Crippen MR) is 20.3 cm³/mol. The molecule has 0 aliphatic carbocycles. The molecule has 2 nitrogen and oxygen atoms in total.